The van der Waals surface area contributed by atoms with E-state index >= 15 is 0 Å². The molecular weight excluding hydrogens is 219 g/mol. The predicted molar refractivity (Wildman–Crippen MR) is 65.0 cm³/mol. The van der Waals surface area contributed by atoms with Gasteiger partial charge in [0.2, 0.25) is 0 Å². The molecule has 0 amide bonds. The summed E-state index contributed by atoms with van der Waals surface area (Å²) in [6, 6.07) is 14.2. The van der Waals surface area contributed by atoms with E-state index in [-0.39, 0.29) is 5.69 Å². The van der Waals surface area contributed by atoms with Gasteiger partial charge in [-0.1, -0.05) is 30.3 Å². The molecule has 2 rings (SSSR count). The Morgan fingerprint density at radius 3 is 2.59 bits per heavy atom. The van der Waals surface area contributed by atoms with Crippen LogP contribution in [-0.4, -0.2) is 0 Å². The monoisotopic (exact) mass is 232 g/mol. The largest absolute Gasteiger partial charge is 0.489 e. The van der Waals surface area contributed by atoms with Crippen LogP contribution < -0.4 is 16.0 Å². The second-order valence-corrected chi connectivity index (χ2v) is 3.56. The quantitative estimate of drug-likeness (QED) is 0.629. The third-order valence-electron chi connectivity index (χ3n) is 2.34. The minimum Gasteiger partial charge on any atom is -0.489 e. The average Bonchev–Trinajstić information content (AvgIpc) is 2.39. The smallest absolute Gasteiger partial charge is 0.147 e. The molecule has 88 valence electrons. The molecule has 0 aliphatic carbocycles. The van der Waals surface area contributed by atoms with E-state index in [0.29, 0.717) is 12.4 Å². The summed E-state index contributed by atoms with van der Waals surface area (Å²) < 4.78 is 18.7. The van der Waals surface area contributed by atoms with Gasteiger partial charge in [-0.15, -0.1) is 0 Å². The molecule has 3 nitrogen and oxygen atoms in total. The molecule has 0 saturated carbocycles. The number of hydrazine groups is 1. The summed E-state index contributed by atoms with van der Waals surface area (Å²) in [5.41, 5.74) is 3.55. The highest BCUT2D eigenvalue weighted by molar-refractivity contribution is 5.48. The maximum absolute atomic E-state index is 13.1. The Morgan fingerprint density at radius 1 is 1.12 bits per heavy atom. The van der Waals surface area contributed by atoms with Gasteiger partial charge in [0.25, 0.3) is 0 Å². The number of rotatable bonds is 4. The number of nitrogens with two attached hydrogens (primary N) is 1. The van der Waals surface area contributed by atoms with Crippen molar-refractivity contribution in [2.45, 2.75) is 6.61 Å². The zero-order valence-corrected chi connectivity index (χ0v) is 9.19. The third-order valence-corrected chi connectivity index (χ3v) is 2.34. The van der Waals surface area contributed by atoms with Gasteiger partial charge in [-0.05, 0) is 17.7 Å². The third kappa shape index (κ3) is 2.95. The van der Waals surface area contributed by atoms with E-state index < -0.39 is 5.82 Å². The molecular formula is C13H13FN2O. The summed E-state index contributed by atoms with van der Waals surface area (Å²) in [5, 5.41) is 0. The van der Waals surface area contributed by atoms with Crippen LogP contribution in [0.2, 0.25) is 0 Å². The molecule has 0 bridgehead atoms. The predicted octanol–water partition coefficient (Wildman–Crippen LogP) is 2.69. The van der Waals surface area contributed by atoms with Crippen molar-refractivity contribution >= 4 is 5.69 Å². The number of hydrogen-bond donors (Lipinski definition) is 2. The fourth-order valence-corrected chi connectivity index (χ4v) is 1.45. The van der Waals surface area contributed by atoms with Crippen LogP contribution in [0.4, 0.5) is 10.1 Å². The van der Waals surface area contributed by atoms with Crippen LogP contribution in [-0.2, 0) is 6.61 Å². The van der Waals surface area contributed by atoms with Gasteiger partial charge >= 0.3 is 0 Å². The molecule has 0 fully saturated rings. The van der Waals surface area contributed by atoms with Gasteiger partial charge in [-0.25, -0.2) is 4.39 Å². The second kappa shape index (κ2) is 5.32. The number of hydrogen-bond acceptors (Lipinski definition) is 3. The molecule has 0 heterocycles. The Bertz CT molecular complexity index is 488. The van der Waals surface area contributed by atoms with Crippen LogP contribution in [0.1, 0.15) is 5.56 Å². The van der Waals surface area contributed by atoms with Crippen molar-refractivity contribution in [2.75, 3.05) is 5.43 Å². The van der Waals surface area contributed by atoms with E-state index in [1.54, 1.807) is 6.07 Å². The van der Waals surface area contributed by atoms with E-state index in [1.165, 1.54) is 12.1 Å². The fraction of sp³-hybridized carbons (Fsp3) is 0.0769. The van der Waals surface area contributed by atoms with Crippen LogP contribution in [0, 0.1) is 5.82 Å². The topological polar surface area (TPSA) is 47.3 Å². The van der Waals surface area contributed by atoms with Crippen molar-refractivity contribution in [2.24, 2.45) is 5.84 Å². The van der Waals surface area contributed by atoms with Crippen molar-refractivity contribution in [3.05, 3.63) is 59.9 Å². The number of nitrogen functional groups attached to an aromatic ring is 1. The van der Waals surface area contributed by atoms with Gasteiger partial charge in [0.15, 0.2) is 0 Å². The highest BCUT2D eigenvalue weighted by Gasteiger charge is 2.02. The molecule has 4 heteroatoms. The van der Waals surface area contributed by atoms with Gasteiger partial charge in [-0.2, -0.15) is 0 Å². The minimum atomic E-state index is -0.403. The molecule has 3 N–H and O–H groups in total. The second-order valence-electron chi connectivity index (χ2n) is 3.56. The average molecular weight is 232 g/mol. The summed E-state index contributed by atoms with van der Waals surface area (Å²) in [6.45, 7) is 0.441. The number of halogens is 1. The van der Waals surface area contributed by atoms with Crippen LogP contribution in [0.15, 0.2) is 48.5 Å². The molecule has 0 spiro atoms. The Kier molecular flexibility index (Phi) is 3.57. The number of nitrogens with one attached hydrogen (secondary N) is 1. The molecule has 0 radical (unpaired) electrons. The Morgan fingerprint density at radius 2 is 1.88 bits per heavy atom. The van der Waals surface area contributed by atoms with Crippen molar-refractivity contribution in [1.82, 2.24) is 0 Å². The van der Waals surface area contributed by atoms with Crippen molar-refractivity contribution in [3.63, 3.8) is 0 Å². The zero-order valence-electron chi connectivity index (χ0n) is 9.19. The standard InChI is InChI=1S/C13H13FN2O/c14-12-7-6-11(8-13(12)16-15)17-9-10-4-2-1-3-5-10/h1-8,16H,9,15H2. The Hall–Kier alpha value is -2.07. The number of ether oxygens (including phenoxy) is 1. The molecule has 2 aromatic rings. The molecule has 0 aliphatic heterocycles. The first-order valence-electron chi connectivity index (χ1n) is 5.22. The number of benzene rings is 2. The van der Waals surface area contributed by atoms with Gasteiger partial charge < -0.3 is 10.2 Å². The lowest BCUT2D eigenvalue weighted by Crippen LogP contribution is -2.08. The van der Waals surface area contributed by atoms with Crippen molar-refractivity contribution in [3.8, 4) is 5.75 Å². The van der Waals surface area contributed by atoms with Crippen LogP contribution in [0.3, 0.4) is 0 Å². The van der Waals surface area contributed by atoms with Gasteiger partial charge in [0.05, 0.1) is 5.69 Å². The lowest BCUT2D eigenvalue weighted by Gasteiger charge is -2.08. The molecule has 0 saturated heterocycles. The first kappa shape index (κ1) is 11.4. The van der Waals surface area contributed by atoms with E-state index in [4.69, 9.17) is 10.6 Å². The Balaban J connectivity index is 2.04. The first-order chi connectivity index (χ1) is 8.29. The highest BCUT2D eigenvalue weighted by Crippen LogP contribution is 2.21. The van der Waals surface area contributed by atoms with Crippen LogP contribution in [0.25, 0.3) is 0 Å². The van der Waals surface area contributed by atoms with E-state index in [2.05, 4.69) is 5.43 Å². The SMILES string of the molecule is NNc1cc(OCc2ccccc2)ccc1F. The maximum atomic E-state index is 13.1. The summed E-state index contributed by atoms with van der Waals surface area (Å²) >= 11 is 0. The van der Waals surface area contributed by atoms with Crippen molar-refractivity contribution < 1.29 is 9.13 Å². The summed E-state index contributed by atoms with van der Waals surface area (Å²) in [4.78, 5) is 0. The number of anilines is 1. The molecule has 17 heavy (non-hydrogen) atoms. The highest BCUT2D eigenvalue weighted by atomic mass is 19.1. The maximum Gasteiger partial charge on any atom is 0.147 e. The van der Waals surface area contributed by atoms with Crippen LogP contribution >= 0.6 is 0 Å². The van der Waals surface area contributed by atoms with E-state index in [9.17, 15) is 4.39 Å². The van der Waals surface area contributed by atoms with Crippen LogP contribution in [0.5, 0.6) is 5.75 Å². The minimum absolute atomic E-state index is 0.218. The van der Waals surface area contributed by atoms with Gasteiger partial charge in [-0.3, -0.25) is 5.84 Å². The molecule has 0 aromatic heterocycles. The summed E-state index contributed by atoms with van der Waals surface area (Å²) in [7, 11) is 0. The van der Waals surface area contributed by atoms with Gasteiger partial charge in [0.1, 0.15) is 18.2 Å². The first-order valence-corrected chi connectivity index (χ1v) is 5.22. The molecule has 0 unspecified atom stereocenters. The Labute approximate surface area is 99.0 Å². The molecule has 0 atom stereocenters. The van der Waals surface area contributed by atoms with E-state index in [0.717, 1.165) is 5.56 Å². The summed E-state index contributed by atoms with van der Waals surface area (Å²) in [6.07, 6.45) is 0. The fourth-order valence-electron chi connectivity index (χ4n) is 1.45. The lowest BCUT2D eigenvalue weighted by molar-refractivity contribution is 0.306. The summed E-state index contributed by atoms with van der Waals surface area (Å²) in [5.74, 6) is 5.35. The lowest BCUT2D eigenvalue weighted by atomic mass is 10.2. The normalized spacial score (nSPS) is 10.0. The van der Waals surface area contributed by atoms with Gasteiger partial charge in [0, 0.05) is 6.07 Å². The molecule has 0 aliphatic rings. The molecule has 2 aromatic carbocycles. The van der Waals surface area contributed by atoms with Crippen molar-refractivity contribution in [1.29, 1.82) is 0 Å². The van der Waals surface area contributed by atoms with E-state index in [1.807, 2.05) is 30.3 Å². The zero-order chi connectivity index (χ0) is 12.1.